The van der Waals surface area contributed by atoms with Crippen LogP contribution in [0, 0.1) is 0 Å². The van der Waals surface area contributed by atoms with Crippen molar-refractivity contribution in [2.75, 3.05) is 6.61 Å². The number of benzene rings is 2. The highest BCUT2D eigenvalue weighted by atomic mass is 16.6. The normalized spacial score (nSPS) is 25.3. The molecule has 0 aliphatic carbocycles. The fourth-order valence-electron chi connectivity index (χ4n) is 3.24. The fraction of sp³-hybridized carbons (Fsp3) is 0.409. The van der Waals surface area contributed by atoms with Gasteiger partial charge in [0.2, 0.25) is 0 Å². The van der Waals surface area contributed by atoms with E-state index in [1.54, 1.807) is 0 Å². The Morgan fingerprint density at radius 2 is 1.48 bits per heavy atom. The summed E-state index contributed by atoms with van der Waals surface area (Å²) in [6.07, 6.45) is -2.10. The minimum atomic E-state index is -0.808. The first-order valence-electron chi connectivity index (χ1n) is 9.23. The van der Waals surface area contributed by atoms with Crippen LogP contribution in [-0.2, 0) is 32.2 Å². The topological polar surface area (TPSA) is 65.0 Å². The molecule has 144 valence electrons. The lowest BCUT2D eigenvalue weighted by Gasteiger charge is -2.40. The van der Waals surface area contributed by atoms with Crippen molar-refractivity contribution in [1.82, 2.24) is 0 Å². The van der Waals surface area contributed by atoms with Crippen molar-refractivity contribution in [3.8, 4) is 0 Å². The van der Waals surface area contributed by atoms with Crippen molar-refractivity contribution in [2.45, 2.75) is 51.0 Å². The third-order valence-corrected chi connectivity index (χ3v) is 4.61. The van der Waals surface area contributed by atoms with Gasteiger partial charge in [-0.3, -0.25) is 4.79 Å². The number of aliphatic hydroxyl groups excluding tert-OH is 1. The van der Waals surface area contributed by atoms with Crippen LogP contribution in [0.25, 0.3) is 0 Å². The molecule has 0 aromatic heterocycles. The molecular weight excluding hydrogens is 344 g/mol. The van der Waals surface area contributed by atoms with Crippen LogP contribution in [0.2, 0.25) is 0 Å². The predicted molar refractivity (Wildman–Crippen MR) is 101 cm³/mol. The number of aliphatic hydroxyl groups is 1. The Kier molecular flexibility index (Phi) is 7.12. The van der Waals surface area contributed by atoms with Gasteiger partial charge in [0, 0.05) is 6.42 Å². The van der Waals surface area contributed by atoms with Gasteiger partial charge in [0.25, 0.3) is 0 Å². The first-order chi connectivity index (χ1) is 13.1. The summed E-state index contributed by atoms with van der Waals surface area (Å²) in [6, 6.07) is 19.6. The number of rotatable bonds is 8. The number of hydrogen-bond acceptors (Lipinski definition) is 5. The van der Waals surface area contributed by atoms with Gasteiger partial charge in [-0.05, 0) is 18.1 Å². The van der Waals surface area contributed by atoms with Gasteiger partial charge in [-0.25, -0.2) is 0 Å². The summed E-state index contributed by atoms with van der Waals surface area (Å²) in [5.41, 5.74) is 2.03. The van der Waals surface area contributed by atoms with E-state index in [-0.39, 0.29) is 18.8 Å². The molecule has 5 heteroatoms. The average molecular weight is 370 g/mol. The van der Waals surface area contributed by atoms with E-state index in [2.05, 4.69) is 0 Å². The number of ether oxygens (including phenoxy) is 3. The molecule has 1 aliphatic rings. The minimum Gasteiger partial charge on any atom is -0.388 e. The molecule has 3 rings (SSSR count). The third kappa shape index (κ3) is 5.71. The second-order valence-electron chi connectivity index (χ2n) is 6.87. The number of Topliss-reactive ketones (excluding diaryl/α,β-unsaturated/α-hetero) is 1. The largest absolute Gasteiger partial charge is 0.388 e. The maximum atomic E-state index is 11.7. The third-order valence-electron chi connectivity index (χ3n) is 4.61. The van der Waals surface area contributed by atoms with Gasteiger partial charge in [-0.2, -0.15) is 0 Å². The number of carbonyl (C=O) groups excluding carboxylic acids is 1. The summed E-state index contributed by atoms with van der Waals surface area (Å²) in [5.74, 6) is 0.0199. The van der Waals surface area contributed by atoms with E-state index in [0.717, 1.165) is 11.1 Å². The van der Waals surface area contributed by atoms with Crippen LogP contribution in [0.15, 0.2) is 60.7 Å². The van der Waals surface area contributed by atoms with Gasteiger partial charge in [-0.15, -0.1) is 0 Å². The molecule has 1 saturated heterocycles. The highest BCUT2D eigenvalue weighted by Gasteiger charge is 2.42. The molecular formula is C22H26O5. The van der Waals surface area contributed by atoms with Crippen LogP contribution in [0.5, 0.6) is 0 Å². The second-order valence-corrected chi connectivity index (χ2v) is 6.87. The monoisotopic (exact) mass is 370 g/mol. The number of hydrogen-bond donors (Lipinski definition) is 1. The summed E-state index contributed by atoms with van der Waals surface area (Å²) in [4.78, 5) is 11.7. The van der Waals surface area contributed by atoms with Crippen molar-refractivity contribution >= 4 is 5.78 Å². The lowest BCUT2D eigenvalue weighted by molar-refractivity contribution is -0.225. The Bertz CT molecular complexity index is 703. The van der Waals surface area contributed by atoms with Crippen molar-refractivity contribution < 1.29 is 24.1 Å². The van der Waals surface area contributed by atoms with Gasteiger partial charge < -0.3 is 19.3 Å². The molecule has 0 spiro atoms. The molecule has 4 atom stereocenters. The summed E-state index contributed by atoms with van der Waals surface area (Å²) in [7, 11) is 0. The number of carbonyl (C=O) groups is 1. The van der Waals surface area contributed by atoms with Gasteiger partial charge in [0.15, 0.2) is 0 Å². The van der Waals surface area contributed by atoms with E-state index in [9.17, 15) is 9.90 Å². The Labute approximate surface area is 159 Å². The molecule has 0 radical (unpaired) electrons. The molecule has 2 aromatic carbocycles. The van der Waals surface area contributed by atoms with Gasteiger partial charge in [0.05, 0.1) is 25.9 Å². The zero-order valence-electron chi connectivity index (χ0n) is 15.5. The van der Waals surface area contributed by atoms with Crippen molar-refractivity contribution in [3.63, 3.8) is 0 Å². The number of ketones is 1. The second kappa shape index (κ2) is 9.76. The van der Waals surface area contributed by atoms with E-state index in [0.29, 0.717) is 13.2 Å². The molecule has 0 saturated carbocycles. The lowest BCUT2D eigenvalue weighted by Crippen LogP contribution is -2.55. The van der Waals surface area contributed by atoms with Crippen LogP contribution in [-0.4, -0.2) is 41.9 Å². The molecule has 5 nitrogen and oxygen atoms in total. The zero-order valence-corrected chi connectivity index (χ0v) is 15.5. The predicted octanol–water partition coefficient (Wildman–Crippen LogP) is 2.90. The van der Waals surface area contributed by atoms with Crippen LogP contribution in [0.4, 0.5) is 0 Å². The molecule has 27 heavy (non-hydrogen) atoms. The van der Waals surface area contributed by atoms with Crippen LogP contribution >= 0.6 is 0 Å². The van der Waals surface area contributed by atoms with Crippen molar-refractivity contribution in [3.05, 3.63) is 71.8 Å². The molecule has 0 amide bonds. The Morgan fingerprint density at radius 1 is 0.963 bits per heavy atom. The van der Waals surface area contributed by atoms with E-state index in [1.807, 2.05) is 60.7 Å². The Balaban J connectivity index is 1.71. The standard InChI is InChI=1S/C22H26O5/c1-16(23)12-20-22(27-14-18-10-6-3-7-11-18)21(19(24)15-25-20)26-13-17-8-4-2-5-9-17/h2-11,19-22,24H,12-15H2,1H3/t19-,20-,21-,22-/m0/s1. The maximum Gasteiger partial charge on any atom is 0.132 e. The zero-order chi connectivity index (χ0) is 19.1. The highest BCUT2D eigenvalue weighted by molar-refractivity contribution is 5.76. The summed E-state index contributed by atoms with van der Waals surface area (Å²) < 4.78 is 17.8. The van der Waals surface area contributed by atoms with Gasteiger partial charge in [0.1, 0.15) is 24.1 Å². The average Bonchev–Trinajstić information content (AvgIpc) is 2.68. The quantitative estimate of drug-likeness (QED) is 0.774. The molecule has 1 aliphatic heterocycles. The molecule has 0 bridgehead atoms. The molecule has 1 fully saturated rings. The van der Waals surface area contributed by atoms with E-state index >= 15 is 0 Å². The van der Waals surface area contributed by atoms with Crippen molar-refractivity contribution in [1.29, 1.82) is 0 Å². The van der Waals surface area contributed by atoms with Crippen LogP contribution < -0.4 is 0 Å². The van der Waals surface area contributed by atoms with E-state index < -0.39 is 24.4 Å². The van der Waals surface area contributed by atoms with Crippen LogP contribution in [0.3, 0.4) is 0 Å². The minimum absolute atomic E-state index is 0.0199. The first-order valence-corrected chi connectivity index (χ1v) is 9.23. The summed E-state index contributed by atoms with van der Waals surface area (Å²) in [6.45, 7) is 2.38. The van der Waals surface area contributed by atoms with E-state index in [4.69, 9.17) is 14.2 Å². The van der Waals surface area contributed by atoms with Gasteiger partial charge >= 0.3 is 0 Å². The maximum absolute atomic E-state index is 11.7. The van der Waals surface area contributed by atoms with Crippen LogP contribution in [0.1, 0.15) is 24.5 Å². The highest BCUT2D eigenvalue weighted by Crippen LogP contribution is 2.26. The molecule has 1 N–H and O–H groups in total. The lowest BCUT2D eigenvalue weighted by atomic mass is 9.96. The van der Waals surface area contributed by atoms with E-state index in [1.165, 1.54) is 6.92 Å². The SMILES string of the molecule is CC(=O)C[C@@H]1OC[C@H](O)[C@H](OCc2ccccc2)[C@H]1OCc1ccccc1. The van der Waals surface area contributed by atoms with Gasteiger partial charge in [-0.1, -0.05) is 60.7 Å². The fourth-order valence-corrected chi connectivity index (χ4v) is 3.24. The summed E-state index contributed by atoms with van der Waals surface area (Å²) >= 11 is 0. The molecule has 0 unspecified atom stereocenters. The summed E-state index contributed by atoms with van der Waals surface area (Å²) in [5, 5.41) is 10.5. The Hall–Kier alpha value is -2.05. The smallest absolute Gasteiger partial charge is 0.132 e. The Morgan fingerprint density at radius 3 is 2.00 bits per heavy atom. The molecule has 1 heterocycles. The first kappa shape index (κ1) is 19.7. The molecule has 2 aromatic rings. The van der Waals surface area contributed by atoms with Crippen molar-refractivity contribution in [2.24, 2.45) is 0 Å².